The zero-order valence-corrected chi connectivity index (χ0v) is 18.2. The molecule has 4 heterocycles. The molecule has 0 amide bonds. The number of nitrogens with one attached hydrogen (secondary N) is 1. The first-order valence-electron chi connectivity index (χ1n) is 10.4. The summed E-state index contributed by atoms with van der Waals surface area (Å²) in [6.07, 6.45) is 8.82. The molecule has 0 saturated carbocycles. The van der Waals surface area contributed by atoms with Crippen molar-refractivity contribution in [3.63, 3.8) is 0 Å². The van der Waals surface area contributed by atoms with Crippen LogP contribution in [-0.2, 0) is 7.05 Å². The second-order valence-electron chi connectivity index (χ2n) is 7.34. The average molecular weight is 435 g/mol. The normalized spacial score (nSPS) is 10.7. The first-order valence-corrected chi connectivity index (χ1v) is 10.4. The Bertz CT molecular complexity index is 1380. The van der Waals surface area contributed by atoms with Gasteiger partial charge in [-0.2, -0.15) is 5.10 Å². The molecule has 0 unspecified atom stereocenters. The molecular weight excluding hydrogens is 414 g/mol. The number of nitrogens with zero attached hydrogens (tertiary/aromatic N) is 6. The molecule has 8 heteroatoms. The lowest BCUT2D eigenvalue weighted by Crippen LogP contribution is -2.04. The smallest absolute Gasteiger partial charge is 0.188 e. The Morgan fingerprint density at radius 3 is 2.42 bits per heavy atom. The van der Waals surface area contributed by atoms with Crippen LogP contribution in [0.15, 0.2) is 85.6 Å². The average Bonchev–Trinajstić information content (AvgIpc) is 3.31. The molecule has 5 rings (SSSR count). The quantitative estimate of drug-likeness (QED) is 0.411. The largest absolute Gasteiger partial charge is 0.491 e. The minimum atomic E-state index is 0.537. The third-order valence-electron chi connectivity index (χ3n) is 5.08. The van der Waals surface area contributed by atoms with Gasteiger partial charge in [0.1, 0.15) is 5.69 Å². The van der Waals surface area contributed by atoms with Gasteiger partial charge in [0.05, 0.1) is 24.7 Å². The van der Waals surface area contributed by atoms with E-state index >= 15 is 0 Å². The Kier molecular flexibility index (Phi) is 5.47. The van der Waals surface area contributed by atoms with Gasteiger partial charge < -0.3 is 10.1 Å². The molecule has 0 aliphatic rings. The predicted octanol–water partition coefficient (Wildman–Crippen LogP) is 4.75. The van der Waals surface area contributed by atoms with E-state index in [1.165, 1.54) is 0 Å². The molecular formula is C25H21N7O. The number of anilines is 2. The van der Waals surface area contributed by atoms with E-state index < -0.39 is 0 Å². The predicted molar refractivity (Wildman–Crippen MR) is 127 cm³/mol. The van der Waals surface area contributed by atoms with Crippen LogP contribution < -0.4 is 10.1 Å². The molecule has 0 saturated heterocycles. The number of ether oxygens (including phenoxy) is 1. The Labute approximate surface area is 191 Å². The summed E-state index contributed by atoms with van der Waals surface area (Å²) in [5.74, 6) is 1.64. The molecule has 0 spiro atoms. The summed E-state index contributed by atoms with van der Waals surface area (Å²) in [6.45, 7) is 0. The fourth-order valence-corrected chi connectivity index (χ4v) is 3.52. The molecule has 0 fully saturated rings. The summed E-state index contributed by atoms with van der Waals surface area (Å²) >= 11 is 0. The number of aryl methyl sites for hydroxylation is 1. The molecule has 0 bridgehead atoms. The second kappa shape index (κ2) is 8.88. The Morgan fingerprint density at radius 1 is 0.848 bits per heavy atom. The first kappa shape index (κ1) is 20.3. The lowest BCUT2D eigenvalue weighted by molar-refractivity contribution is 0.415. The number of hydrogen-bond donors (Lipinski definition) is 1. The van der Waals surface area contributed by atoms with Gasteiger partial charge in [-0.05, 0) is 36.4 Å². The van der Waals surface area contributed by atoms with Gasteiger partial charge in [-0.15, -0.1) is 0 Å². The number of pyridine rings is 2. The van der Waals surface area contributed by atoms with Crippen molar-refractivity contribution in [1.29, 1.82) is 0 Å². The van der Waals surface area contributed by atoms with Gasteiger partial charge in [0, 0.05) is 48.5 Å². The standard InChI is InChI=1S/C25H21N7O/c1-32-14-10-21(31-32)18-5-3-6-19(15-18)22-23(33-2)25(28-20-7-4-11-27-16-20)30-24(29-22)17-8-12-26-13-9-17/h3-16H,1-2H3,(H,28,29,30). The van der Waals surface area contributed by atoms with Gasteiger partial charge in [0.25, 0.3) is 0 Å². The van der Waals surface area contributed by atoms with E-state index in [-0.39, 0.29) is 0 Å². The van der Waals surface area contributed by atoms with E-state index in [0.29, 0.717) is 23.1 Å². The summed E-state index contributed by atoms with van der Waals surface area (Å²) in [5, 5.41) is 7.85. The maximum Gasteiger partial charge on any atom is 0.188 e. The number of rotatable bonds is 6. The number of hydrogen-bond acceptors (Lipinski definition) is 7. The molecule has 1 aromatic carbocycles. The molecule has 5 aromatic rings. The third-order valence-corrected chi connectivity index (χ3v) is 5.08. The number of aromatic nitrogens is 6. The first-order chi connectivity index (χ1) is 16.2. The number of methoxy groups -OCH3 is 1. The van der Waals surface area contributed by atoms with Crippen LogP contribution in [0.5, 0.6) is 5.75 Å². The van der Waals surface area contributed by atoms with E-state index in [1.807, 2.05) is 61.8 Å². The maximum atomic E-state index is 5.80. The Balaban J connectivity index is 1.68. The molecule has 0 aliphatic heterocycles. The summed E-state index contributed by atoms with van der Waals surface area (Å²) in [5.41, 5.74) is 5.08. The van der Waals surface area contributed by atoms with E-state index in [4.69, 9.17) is 14.7 Å². The van der Waals surface area contributed by atoms with Crippen LogP contribution in [0.25, 0.3) is 33.9 Å². The lowest BCUT2D eigenvalue weighted by atomic mass is 10.0. The Hall–Kier alpha value is -4.59. The van der Waals surface area contributed by atoms with Crippen molar-refractivity contribution in [3.05, 3.63) is 85.6 Å². The van der Waals surface area contributed by atoms with E-state index in [9.17, 15) is 0 Å². The second-order valence-corrected chi connectivity index (χ2v) is 7.34. The fraction of sp³-hybridized carbons (Fsp3) is 0.0800. The highest BCUT2D eigenvalue weighted by Crippen LogP contribution is 2.38. The number of benzene rings is 1. The van der Waals surface area contributed by atoms with Crippen LogP contribution in [0, 0.1) is 0 Å². The van der Waals surface area contributed by atoms with Crippen LogP contribution in [0.1, 0.15) is 0 Å². The molecule has 8 nitrogen and oxygen atoms in total. The van der Waals surface area contributed by atoms with Crippen LogP contribution in [0.4, 0.5) is 11.5 Å². The van der Waals surface area contributed by atoms with Crippen molar-refractivity contribution in [3.8, 4) is 39.7 Å². The van der Waals surface area contributed by atoms with Crippen LogP contribution in [0.3, 0.4) is 0 Å². The van der Waals surface area contributed by atoms with Gasteiger partial charge in [-0.25, -0.2) is 9.97 Å². The zero-order chi connectivity index (χ0) is 22.6. The molecule has 162 valence electrons. The minimum absolute atomic E-state index is 0.537. The lowest BCUT2D eigenvalue weighted by Gasteiger charge is -2.16. The van der Waals surface area contributed by atoms with E-state index in [2.05, 4.69) is 26.4 Å². The van der Waals surface area contributed by atoms with Crippen molar-refractivity contribution < 1.29 is 4.74 Å². The third kappa shape index (κ3) is 4.27. The molecule has 1 N–H and O–H groups in total. The Morgan fingerprint density at radius 2 is 1.70 bits per heavy atom. The topological polar surface area (TPSA) is 90.6 Å². The van der Waals surface area contributed by atoms with Gasteiger partial charge >= 0.3 is 0 Å². The molecule has 4 aromatic heterocycles. The van der Waals surface area contributed by atoms with Gasteiger partial charge in [-0.3, -0.25) is 14.6 Å². The van der Waals surface area contributed by atoms with Crippen molar-refractivity contribution in [2.45, 2.75) is 0 Å². The van der Waals surface area contributed by atoms with E-state index in [1.54, 1.807) is 36.6 Å². The maximum absolute atomic E-state index is 5.80. The highest BCUT2D eigenvalue weighted by Gasteiger charge is 2.19. The molecule has 0 atom stereocenters. The summed E-state index contributed by atoms with van der Waals surface area (Å²) < 4.78 is 7.59. The van der Waals surface area contributed by atoms with Crippen molar-refractivity contribution in [1.82, 2.24) is 29.7 Å². The van der Waals surface area contributed by atoms with Gasteiger partial charge in [-0.1, -0.05) is 18.2 Å². The minimum Gasteiger partial charge on any atom is -0.491 e. The van der Waals surface area contributed by atoms with Gasteiger partial charge in [0.2, 0.25) is 0 Å². The molecule has 33 heavy (non-hydrogen) atoms. The highest BCUT2D eigenvalue weighted by atomic mass is 16.5. The van der Waals surface area contributed by atoms with Crippen LogP contribution in [-0.4, -0.2) is 36.8 Å². The molecule has 0 aliphatic carbocycles. The summed E-state index contributed by atoms with van der Waals surface area (Å²) in [6, 6.07) is 17.6. The van der Waals surface area contributed by atoms with Crippen LogP contribution in [0.2, 0.25) is 0 Å². The summed E-state index contributed by atoms with van der Waals surface area (Å²) in [4.78, 5) is 17.9. The highest BCUT2D eigenvalue weighted by molar-refractivity contribution is 5.80. The van der Waals surface area contributed by atoms with Crippen LogP contribution >= 0.6 is 0 Å². The van der Waals surface area contributed by atoms with Crippen molar-refractivity contribution in [2.75, 3.05) is 12.4 Å². The van der Waals surface area contributed by atoms with Crippen molar-refractivity contribution >= 4 is 11.5 Å². The van der Waals surface area contributed by atoms with Crippen molar-refractivity contribution in [2.24, 2.45) is 7.05 Å². The monoisotopic (exact) mass is 435 g/mol. The summed E-state index contributed by atoms with van der Waals surface area (Å²) in [7, 11) is 3.52. The SMILES string of the molecule is COc1c(Nc2cccnc2)nc(-c2ccncc2)nc1-c1cccc(-c2ccn(C)n2)c1. The zero-order valence-electron chi connectivity index (χ0n) is 18.2. The van der Waals surface area contributed by atoms with Gasteiger partial charge in [0.15, 0.2) is 17.4 Å². The molecule has 0 radical (unpaired) electrons. The van der Waals surface area contributed by atoms with E-state index in [0.717, 1.165) is 28.1 Å². The fourth-order valence-electron chi connectivity index (χ4n) is 3.52.